The lowest BCUT2D eigenvalue weighted by Crippen LogP contribution is -2.24. The largest absolute Gasteiger partial charge is 0.372 e. The van der Waals surface area contributed by atoms with Crippen molar-refractivity contribution in [3.05, 3.63) is 29.8 Å². The standard InChI is InChI=1S/C17H27NOS/c1-4-11-18(12-5-2)16-9-7-15(8-10-16)17(19)14-20-13-6-3/h7-10H,4-6,11-14H2,1-3H3. The van der Waals surface area contributed by atoms with Gasteiger partial charge in [-0.1, -0.05) is 20.8 Å². The molecule has 1 aromatic rings. The van der Waals surface area contributed by atoms with E-state index in [1.807, 2.05) is 12.1 Å². The predicted octanol–water partition coefficient (Wildman–Crippen LogP) is 4.64. The molecule has 1 aromatic carbocycles. The summed E-state index contributed by atoms with van der Waals surface area (Å²) in [6.07, 6.45) is 3.42. The van der Waals surface area contributed by atoms with Gasteiger partial charge >= 0.3 is 0 Å². The van der Waals surface area contributed by atoms with Gasteiger partial charge in [0.2, 0.25) is 0 Å². The molecule has 2 nitrogen and oxygen atoms in total. The van der Waals surface area contributed by atoms with Gasteiger partial charge in [0.1, 0.15) is 0 Å². The second-order valence-corrected chi connectivity index (χ2v) is 6.11. The van der Waals surface area contributed by atoms with E-state index in [1.165, 1.54) is 5.69 Å². The minimum absolute atomic E-state index is 0.243. The van der Waals surface area contributed by atoms with Crippen LogP contribution in [0.25, 0.3) is 0 Å². The molecule has 0 amide bonds. The van der Waals surface area contributed by atoms with Crippen LogP contribution in [-0.4, -0.2) is 30.4 Å². The van der Waals surface area contributed by atoms with Gasteiger partial charge < -0.3 is 4.90 Å². The van der Waals surface area contributed by atoms with E-state index in [4.69, 9.17) is 0 Å². The van der Waals surface area contributed by atoms with Gasteiger partial charge in [0.15, 0.2) is 5.78 Å². The first-order chi connectivity index (χ1) is 9.72. The number of rotatable bonds is 10. The zero-order valence-corrected chi connectivity index (χ0v) is 13.8. The van der Waals surface area contributed by atoms with Crippen LogP contribution in [-0.2, 0) is 0 Å². The maximum absolute atomic E-state index is 12.0. The number of benzene rings is 1. The molecule has 1 rings (SSSR count). The van der Waals surface area contributed by atoms with Gasteiger partial charge in [0, 0.05) is 24.3 Å². The Morgan fingerprint density at radius 3 is 2.10 bits per heavy atom. The Bertz CT molecular complexity index is 382. The van der Waals surface area contributed by atoms with Crippen LogP contribution in [0.3, 0.4) is 0 Å². The molecular formula is C17H27NOS. The number of hydrogen-bond acceptors (Lipinski definition) is 3. The van der Waals surface area contributed by atoms with Crippen molar-refractivity contribution in [3.63, 3.8) is 0 Å². The fourth-order valence-electron chi connectivity index (χ4n) is 2.16. The molecule has 0 radical (unpaired) electrons. The van der Waals surface area contributed by atoms with Gasteiger partial charge in [-0.2, -0.15) is 11.8 Å². The van der Waals surface area contributed by atoms with E-state index >= 15 is 0 Å². The minimum Gasteiger partial charge on any atom is -0.372 e. The van der Waals surface area contributed by atoms with E-state index < -0.39 is 0 Å². The molecule has 112 valence electrons. The molecule has 3 heteroatoms. The highest BCUT2D eigenvalue weighted by atomic mass is 32.2. The first-order valence-electron chi connectivity index (χ1n) is 7.68. The summed E-state index contributed by atoms with van der Waals surface area (Å²) in [5.41, 5.74) is 2.07. The molecule has 0 aliphatic carbocycles. The third-order valence-electron chi connectivity index (χ3n) is 3.12. The van der Waals surface area contributed by atoms with Gasteiger partial charge in [0.25, 0.3) is 0 Å². The summed E-state index contributed by atoms with van der Waals surface area (Å²) < 4.78 is 0. The molecular weight excluding hydrogens is 266 g/mol. The SMILES string of the molecule is CCCSCC(=O)c1ccc(N(CCC)CCC)cc1. The van der Waals surface area contributed by atoms with Crippen molar-refractivity contribution in [1.29, 1.82) is 0 Å². The molecule has 0 aliphatic rings. The van der Waals surface area contributed by atoms with Crippen molar-refractivity contribution in [2.45, 2.75) is 40.0 Å². The molecule has 0 atom stereocenters. The molecule has 0 N–H and O–H groups in total. The monoisotopic (exact) mass is 293 g/mol. The van der Waals surface area contributed by atoms with E-state index in [1.54, 1.807) is 11.8 Å². The van der Waals surface area contributed by atoms with Gasteiger partial charge in [0.05, 0.1) is 5.75 Å². The van der Waals surface area contributed by atoms with E-state index in [9.17, 15) is 4.79 Å². The average molecular weight is 293 g/mol. The van der Waals surface area contributed by atoms with Crippen LogP contribution in [0.5, 0.6) is 0 Å². The van der Waals surface area contributed by atoms with Crippen LogP contribution in [0.4, 0.5) is 5.69 Å². The highest BCUT2D eigenvalue weighted by Crippen LogP contribution is 2.17. The molecule has 0 aromatic heterocycles. The molecule has 0 saturated carbocycles. The van der Waals surface area contributed by atoms with E-state index in [0.29, 0.717) is 5.75 Å². The van der Waals surface area contributed by atoms with E-state index in [2.05, 4.69) is 37.8 Å². The molecule has 0 saturated heterocycles. The molecule has 0 heterocycles. The number of Topliss-reactive ketones (excluding diaryl/α,β-unsaturated/α-hetero) is 1. The Labute approximate surface area is 127 Å². The summed E-state index contributed by atoms with van der Waals surface area (Å²) in [7, 11) is 0. The van der Waals surface area contributed by atoms with Crippen molar-refractivity contribution in [2.24, 2.45) is 0 Å². The number of thioether (sulfide) groups is 1. The van der Waals surface area contributed by atoms with Crippen molar-refractivity contribution < 1.29 is 4.79 Å². The Balaban J connectivity index is 2.64. The lowest BCUT2D eigenvalue weighted by atomic mass is 10.1. The van der Waals surface area contributed by atoms with Gasteiger partial charge in [-0.05, 0) is 49.3 Å². The quantitative estimate of drug-likeness (QED) is 0.463. The fourth-order valence-corrected chi connectivity index (χ4v) is 2.95. The summed E-state index contributed by atoms with van der Waals surface area (Å²) in [6, 6.07) is 8.12. The topological polar surface area (TPSA) is 20.3 Å². The molecule has 0 bridgehead atoms. The minimum atomic E-state index is 0.243. The number of ketones is 1. The maximum Gasteiger partial charge on any atom is 0.172 e. The summed E-state index contributed by atoms with van der Waals surface area (Å²) in [4.78, 5) is 14.4. The summed E-state index contributed by atoms with van der Waals surface area (Å²) in [5.74, 6) is 1.90. The van der Waals surface area contributed by atoms with E-state index in [0.717, 1.165) is 43.7 Å². The Morgan fingerprint density at radius 1 is 1.00 bits per heavy atom. The van der Waals surface area contributed by atoms with Crippen LogP contribution >= 0.6 is 11.8 Å². The number of nitrogens with zero attached hydrogens (tertiary/aromatic N) is 1. The van der Waals surface area contributed by atoms with Gasteiger partial charge in [-0.25, -0.2) is 0 Å². The maximum atomic E-state index is 12.0. The Kier molecular flexibility index (Phi) is 8.43. The average Bonchev–Trinajstić information content (AvgIpc) is 2.47. The number of anilines is 1. The number of carbonyl (C=O) groups excluding carboxylic acids is 1. The summed E-state index contributed by atoms with van der Waals surface area (Å²) in [5, 5.41) is 0. The van der Waals surface area contributed by atoms with Crippen molar-refractivity contribution in [1.82, 2.24) is 0 Å². The second kappa shape index (κ2) is 9.87. The molecule has 0 spiro atoms. The third kappa shape index (κ3) is 5.58. The van der Waals surface area contributed by atoms with Gasteiger partial charge in [-0.15, -0.1) is 0 Å². The van der Waals surface area contributed by atoms with Crippen molar-refractivity contribution in [2.75, 3.05) is 29.5 Å². The summed E-state index contributed by atoms with van der Waals surface area (Å²) >= 11 is 1.72. The number of hydrogen-bond donors (Lipinski definition) is 0. The highest BCUT2D eigenvalue weighted by molar-refractivity contribution is 7.99. The van der Waals surface area contributed by atoms with Crippen LogP contribution in [0.15, 0.2) is 24.3 Å². The third-order valence-corrected chi connectivity index (χ3v) is 4.29. The van der Waals surface area contributed by atoms with Crippen molar-refractivity contribution in [3.8, 4) is 0 Å². The lowest BCUT2D eigenvalue weighted by molar-refractivity contribution is 0.102. The second-order valence-electron chi connectivity index (χ2n) is 5.01. The number of carbonyl (C=O) groups is 1. The van der Waals surface area contributed by atoms with Crippen molar-refractivity contribution >= 4 is 23.2 Å². The van der Waals surface area contributed by atoms with Crippen LogP contribution in [0, 0.1) is 0 Å². The zero-order valence-electron chi connectivity index (χ0n) is 13.0. The highest BCUT2D eigenvalue weighted by Gasteiger charge is 2.08. The molecule has 0 aliphatic heterocycles. The van der Waals surface area contributed by atoms with Crippen LogP contribution < -0.4 is 4.90 Å². The Hall–Kier alpha value is -0.960. The Morgan fingerprint density at radius 2 is 1.60 bits per heavy atom. The first kappa shape index (κ1) is 17.1. The normalized spacial score (nSPS) is 10.6. The fraction of sp³-hybridized carbons (Fsp3) is 0.588. The molecule has 20 heavy (non-hydrogen) atoms. The smallest absolute Gasteiger partial charge is 0.172 e. The first-order valence-corrected chi connectivity index (χ1v) is 8.84. The zero-order chi connectivity index (χ0) is 14.8. The van der Waals surface area contributed by atoms with Gasteiger partial charge in [-0.3, -0.25) is 4.79 Å². The molecule has 0 fully saturated rings. The van der Waals surface area contributed by atoms with E-state index in [-0.39, 0.29) is 5.78 Å². The van der Waals surface area contributed by atoms with Crippen LogP contribution in [0.2, 0.25) is 0 Å². The van der Waals surface area contributed by atoms with Crippen LogP contribution in [0.1, 0.15) is 50.4 Å². The lowest BCUT2D eigenvalue weighted by Gasteiger charge is -2.23. The predicted molar refractivity (Wildman–Crippen MR) is 91.2 cm³/mol. The summed E-state index contributed by atoms with van der Waals surface area (Å²) in [6.45, 7) is 8.69. The molecule has 0 unspecified atom stereocenters.